The van der Waals surface area contributed by atoms with Gasteiger partial charge in [0.05, 0.1) is 0 Å². The Kier molecular flexibility index (Phi) is 2.34. The lowest BCUT2D eigenvalue weighted by Crippen LogP contribution is -2.13. The third-order valence-corrected chi connectivity index (χ3v) is 3.54. The Morgan fingerprint density at radius 3 is 2.06 bits per heavy atom. The van der Waals surface area contributed by atoms with Crippen LogP contribution in [0.15, 0.2) is 42.5 Å². The fraction of sp³-hybridized carbons (Fsp3) is 0.0588. The predicted octanol–water partition coefficient (Wildman–Crippen LogP) is 2.86. The first-order chi connectivity index (χ1) is 8.74. The van der Waals surface area contributed by atoms with Gasteiger partial charge >= 0.3 is 0 Å². The number of rotatable bonds is 1. The first-order valence-electron chi connectivity index (χ1n) is 6.03. The molecule has 1 heteroatoms. The zero-order valence-corrected chi connectivity index (χ0v) is 10.5. The van der Waals surface area contributed by atoms with E-state index in [0.29, 0.717) is 0 Å². The smallest absolute Gasteiger partial charge is 0.0423 e. The molecule has 0 fully saturated rings. The lowest BCUT2D eigenvalue weighted by molar-refractivity contribution is 1.54. The van der Waals surface area contributed by atoms with Crippen molar-refractivity contribution in [2.75, 3.05) is 12.4 Å². The van der Waals surface area contributed by atoms with E-state index in [9.17, 15) is 0 Å². The number of benzene rings is 3. The van der Waals surface area contributed by atoms with Crippen molar-refractivity contribution in [3.63, 3.8) is 0 Å². The monoisotopic (exact) mass is 233 g/mol. The molecule has 0 aliphatic carbocycles. The summed E-state index contributed by atoms with van der Waals surface area (Å²) in [6.45, 7) is 8.50. The molecule has 0 bridgehead atoms. The summed E-state index contributed by atoms with van der Waals surface area (Å²) >= 11 is 0. The highest BCUT2D eigenvalue weighted by Crippen LogP contribution is 2.20. The Bertz CT molecular complexity index is 847. The largest absolute Gasteiger partial charge is 0.388 e. The molecule has 3 aromatic carbocycles. The minimum atomic E-state index is 1.07. The number of anilines is 1. The van der Waals surface area contributed by atoms with E-state index in [1.54, 1.807) is 0 Å². The molecule has 0 unspecified atom stereocenters. The Hall–Kier alpha value is -2.28. The normalized spacial score (nSPS) is 10.9. The lowest BCUT2D eigenvalue weighted by Gasteiger charge is -2.10. The first-order valence-corrected chi connectivity index (χ1v) is 6.03. The number of hydrogen-bond donors (Lipinski definition) is 1. The summed E-state index contributed by atoms with van der Waals surface area (Å²) in [4.78, 5) is 0. The quantitative estimate of drug-likeness (QED) is 0.637. The second kappa shape index (κ2) is 3.88. The number of nitrogens with one attached hydrogen (secondary N) is 1. The topological polar surface area (TPSA) is 12.0 Å². The molecule has 0 aliphatic rings. The maximum absolute atomic E-state index is 4.26. The minimum Gasteiger partial charge on any atom is -0.388 e. The average Bonchev–Trinajstić information content (AvgIpc) is 2.44. The van der Waals surface area contributed by atoms with Crippen LogP contribution >= 0.6 is 0 Å². The highest BCUT2D eigenvalue weighted by atomic mass is 14.8. The Labute approximate surface area is 106 Å². The SMILES string of the molecule is C=c1c2ccccc2c(=C)c2c(NC)cccc12. The van der Waals surface area contributed by atoms with Crippen molar-refractivity contribution in [1.29, 1.82) is 0 Å². The highest BCUT2D eigenvalue weighted by molar-refractivity contribution is 6.04. The molecule has 0 saturated heterocycles. The summed E-state index contributed by atoms with van der Waals surface area (Å²) in [6, 6.07) is 14.5. The van der Waals surface area contributed by atoms with Crippen LogP contribution in [-0.2, 0) is 0 Å². The molecule has 3 aromatic rings. The second-order valence-electron chi connectivity index (χ2n) is 4.48. The van der Waals surface area contributed by atoms with E-state index in [1.807, 2.05) is 19.2 Å². The first kappa shape index (κ1) is 10.8. The summed E-state index contributed by atoms with van der Waals surface area (Å²) in [6.07, 6.45) is 0. The van der Waals surface area contributed by atoms with Crippen molar-refractivity contribution in [3.8, 4) is 0 Å². The fourth-order valence-electron chi connectivity index (χ4n) is 2.63. The van der Waals surface area contributed by atoms with Crippen molar-refractivity contribution in [3.05, 3.63) is 52.9 Å². The van der Waals surface area contributed by atoms with Crippen LogP contribution in [0.2, 0.25) is 0 Å². The van der Waals surface area contributed by atoms with Gasteiger partial charge in [0.1, 0.15) is 0 Å². The summed E-state index contributed by atoms with van der Waals surface area (Å²) in [7, 11) is 1.94. The molecule has 1 nitrogen and oxygen atoms in total. The Morgan fingerprint density at radius 1 is 0.778 bits per heavy atom. The van der Waals surface area contributed by atoms with Gasteiger partial charge in [-0.1, -0.05) is 49.6 Å². The van der Waals surface area contributed by atoms with Crippen molar-refractivity contribution in [2.45, 2.75) is 0 Å². The van der Waals surface area contributed by atoms with Gasteiger partial charge in [0, 0.05) is 18.1 Å². The van der Waals surface area contributed by atoms with Gasteiger partial charge in [0.15, 0.2) is 0 Å². The van der Waals surface area contributed by atoms with Crippen LogP contribution in [-0.4, -0.2) is 7.05 Å². The number of hydrogen-bond acceptors (Lipinski definition) is 1. The molecular formula is C17H15N. The van der Waals surface area contributed by atoms with Gasteiger partial charge in [0.25, 0.3) is 0 Å². The molecule has 0 radical (unpaired) electrons. The van der Waals surface area contributed by atoms with E-state index < -0.39 is 0 Å². The molecule has 0 heterocycles. The van der Waals surface area contributed by atoms with Crippen molar-refractivity contribution < 1.29 is 0 Å². The van der Waals surface area contributed by atoms with Gasteiger partial charge in [-0.05, 0) is 32.7 Å². The zero-order chi connectivity index (χ0) is 12.7. The molecule has 3 rings (SSSR count). The molecule has 0 aliphatic heterocycles. The molecule has 0 spiro atoms. The van der Waals surface area contributed by atoms with Crippen LogP contribution in [0.25, 0.3) is 34.7 Å². The lowest BCUT2D eigenvalue weighted by atomic mass is 9.98. The van der Waals surface area contributed by atoms with Gasteiger partial charge < -0.3 is 5.32 Å². The van der Waals surface area contributed by atoms with Crippen molar-refractivity contribution in [2.24, 2.45) is 0 Å². The zero-order valence-electron chi connectivity index (χ0n) is 10.5. The maximum atomic E-state index is 4.26. The van der Waals surface area contributed by atoms with Gasteiger partial charge in [-0.3, -0.25) is 0 Å². The van der Waals surface area contributed by atoms with Crippen LogP contribution in [0, 0.1) is 0 Å². The second-order valence-corrected chi connectivity index (χ2v) is 4.48. The van der Waals surface area contributed by atoms with E-state index in [-0.39, 0.29) is 0 Å². The molecule has 18 heavy (non-hydrogen) atoms. The third-order valence-electron chi connectivity index (χ3n) is 3.54. The highest BCUT2D eigenvalue weighted by Gasteiger charge is 2.05. The summed E-state index contributed by atoms with van der Waals surface area (Å²) in [5.41, 5.74) is 1.10. The van der Waals surface area contributed by atoms with E-state index in [1.165, 1.54) is 21.5 Å². The van der Waals surface area contributed by atoms with Gasteiger partial charge in [-0.15, -0.1) is 0 Å². The van der Waals surface area contributed by atoms with Crippen molar-refractivity contribution in [1.82, 2.24) is 0 Å². The van der Waals surface area contributed by atoms with Crippen LogP contribution in [0.5, 0.6) is 0 Å². The standard InChI is InChI=1S/C17H15N/c1-11-13-7-4-5-8-14(13)12(2)17-15(11)9-6-10-16(17)18-3/h4-10,18H,1-2H2,3H3. The summed E-state index contributed by atoms with van der Waals surface area (Å²) < 4.78 is 0. The molecule has 1 N–H and O–H groups in total. The van der Waals surface area contributed by atoms with E-state index in [2.05, 4.69) is 48.8 Å². The van der Waals surface area contributed by atoms with Crippen LogP contribution < -0.4 is 15.8 Å². The Morgan fingerprint density at radius 2 is 1.39 bits per heavy atom. The molecule has 88 valence electrons. The Balaban J connectivity index is 2.73. The van der Waals surface area contributed by atoms with E-state index in [4.69, 9.17) is 0 Å². The van der Waals surface area contributed by atoms with Gasteiger partial charge in [-0.25, -0.2) is 0 Å². The third kappa shape index (κ3) is 1.34. The molecule has 0 saturated carbocycles. The molecule has 0 aromatic heterocycles. The van der Waals surface area contributed by atoms with Gasteiger partial charge in [0.2, 0.25) is 0 Å². The average molecular weight is 233 g/mol. The van der Waals surface area contributed by atoms with E-state index >= 15 is 0 Å². The molecule has 0 atom stereocenters. The predicted molar refractivity (Wildman–Crippen MR) is 81.3 cm³/mol. The van der Waals surface area contributed by atoms with E-state index in [0.717, 1.165) is 16.1 Å². The van der Waals surface area contributed by atoms with Crippen LogP contribution in [0.4, 0.5) is 5.69 Å². The summed E-state index contributed by atoms with van der Waals surface area (Å²) in [5, 5.41) is 10.1. The van der Waals surface area contributed by atoms with Crippen LogP contribution in [0.3, 0.4) is 0 Å². The number of fused-ring (bicyclic) bond motifs is 2. The maximum Gasteiger partial charge on any atom is 0.0423 e. The molecule has 0 amide bonds. The van der Waals surface area contributed by atoms with Gasteiger partial charge in [-0.2, -0.15) is 0 Å². The minimum absolute atomic E-state index is 1.07. The van der Waals surface area contributed by atoms with Crippen LogP contribution in [0.1, 0.15) is 0 Å². The fourth-order valence-corrected chi connectivity index (χ4v) is 2.63. The van der Waals surface area contributed by atoms with Crippen molar-refractivity contribution >= 4 is 40.4 Å². The molecular weight excluding hydrogens is 218 g/mol. The summed E-state index contributed by atoms with van der Waals surface area (Å²) in [5.74, 6) is 0.